The summed E-state index contributed by atoms with van der Waals surface area (Å²) in [6, 6.07) is 18.1. The molecule has 53 heavy (non-hydrogen) atoms. The number of ether oxygens (including phenoxy) is 1. The molecule has 0 bridgehead atoms. The number of amides is 4. The van der Waals surface area contributed by atoms with Gasteiger partial charge in [-0.05, 0) is 130 Å². The van der Waals surface area contributed by atoms with Crippen LogP contribution in [0.15, 0.2) is 60.7 Å². The molecule has 1 fully saturated rings. The largest absolute Gasteiger partial charge is 0.444 e. The highest BCUT2D eigenvalue weighted by molar-refractivity contribution is 5.98. The number of hydrogen-bond donors (Lipinski definition) is 4. The standard InChI is InChI=1S/C40H50N8O5/c1-24-20-25(2)33(38(51)48(6)7)22-32(24)28-12-8-26(9-13-28)21-34(37(50)42-31-18-16-29(17-19-31)35-44-46-47-45-35)43-36(49)30-14-10-27(11-15-30)23-41-39(52)53-40(3,4)5/h8-9,12-13,16-20,22,27,30,34H,10-11,14-15,21,23H2,1-7H3,(H,41,52)(H,42,50)(H,43,49)(H,44,45,46,47)/t27?,30?,34-/m0/s1. The van der Waals surface area contributed by atoms with Crippen molar-refractivity contribution in [3.8, 4) is 22.5 Å². The van der Waals surface area contributed by atoms with E-state index in [4.69, 9.17) is 4.74 Å². The van der Waals surface area contributed by atoms with Gasteiger partial charge in [0.05, 0.1) is 0 Å². The van der Waals surface area contributed by atoms with Gasteiger partial charge in [-0.25, -0.2) is 4.79 Å². The van der Waals surface area contributed by atoms with Crippen LogP contribution >= 0.6 is 0 Å². The van der Waals surface area contributed by atoms with E-state index in [1.54, 1.807) is 43.3 Å². The van der Waals surface area contributed by atoms with E-state index < -0.39 is 17.7 Å². The molecule has 1 aliphatic rings. The number of aromatic nitrogens is 4. The summed E-state index contributed by atoms with van der Waals surface area (Å²) >= 11 is 0. The van der Waals surface area contributed by atoms with Crippen LogP contribution in [0.5, 0.6) is 0 Å². The molecule has 4 N–H and O–H groups in total. The summed E-state index contributed by atoms with van der Waals surface area (Å²) in [5, 5.41) is 22.9. The molecular weight excluding hydrogens is 672 g/mol. The molecule has 13 heteroatoms. The molecule has 0 saturated heterocycles. The Bertz CT molecular complexity index is 1890. The number of alkyl carbamates (subject to hydrolysis) is 1. The van der Waals surface area contributed by atoms with Crippen LogP contribution in [0.25, 0.3) is 22.5 Å². The zero-order chi connectivity index (χ0) is 38.3. The molecule has 13 nitrogen and oxygen atoms in total. The average molecular weight is 723 g/mol. The number of anilines is 1. The van der Waals surface area contributed by atoms with Crippen molar-refractivity contribution in [2.75, 3.05) is 26.0 Å². The molecule has 4 amide bonds. The molecule has 280 valence electrons. The lowest BCUT2D eigenvalue weighted by atomic mass is 9.81. The van der Waals surface area contributed by atoms with Crippen LogP contribution in [0.1, 0.15) is 73.5 Å². The van der Waals surface area contributed by atoms with Gasteiger partial charge in [-0.1, -0.05) is 30.3 Å². The first-order chi connectivity index (χ1) is 25.2. The minimum Gasteiger partial charge on any atom is -0.444 e. The Morgan fingerprint density at radius 3 is 2.17 bits per heavy atom. The molecule has 5 rings (SSSR count). The average Bonchev–Trinajstić information content (AvgIpc) is 3.66. The Morgan fingerprint density at radius 2 is 1.57 bits per heavy atom. The minimum atomic E-state index is -0.845. The molecule has 0 aliphatic heterocycles. The second-order valence-corrected chi connectivity index (χ2v) is 15.0. The van der Waals surface area contributed by atoms with Gasteiger partial charge in [-0.3, -0.25) is 14.4 Å². The molecule has 0 unspecified atom stereocenters. The SMILES string of the molecule is Cc1cc(C)c(-c2ccc(C[C@H](NC(=O)C3CCC(CNC(=O)OC(C)(C)C)CC3)C(=O)Nc3ccc(-c4nn[nH]n4)cc3)cc2)cc1C(=O)N(C)C. The van der Waals surface area contributed by atoms with E-state index >= 15 is 0 Å². The molecule has 0 spiro atoms. The van der Waals surface area contributed by atoms with Gasteiger partial charge in [0.1, 0.15) is 11.6 Å². The van der Waals surface area contributed by atoms with E-state index in [0.717, 1.165) is 46.2 Å². The smallest absolute Gasteiger partial charge is 0.407 e. The number of nitrogens with one attached hydrogen (secondary N) is 4. The van der Waals surface area contributed by atoms with E-state index in [9.17, 15) is 19.2 Å². The van der Waals surface area contributed by atoms with E-state index in [2.05, 4.69) is 36.6 Å². The summed E-state index contributed by atoms with van der Waals surface area (Å²) in [6.07, 6.45) is 2.69. The first-order valence-corrected chi connectivity index (χ1v) is 18.0. The van der Waals surface area contributed by atoms with Crippen LogP contribution in [0.4, 0.5) is 10.5 Å². The summed E-state index contributed by atoms with van der Waals surface area (Å²) in [7, 11) is 3.48. The lowest BCUT2D eigenvalue weighted by Crippen LogP contribution is -2.48. The number of rotatable bonds is 11. The lowest BCUT2D eigenvalue weighted by Gasteiger charge is -2.29. The summed E-state index contributed by atoms with van der Waals surface area (Å²) < 4.78 is 5.35. The van der Waals surface area contributed by atoms with Gasteiger partial charge in [-0.2, -0.15) is 5.21 Å². The fourth-order valence-electron chi connectivity index (χ4n) is 6.58. The molecule has 0 radical (unpaired) electrons. The Hall–Kier alpha value is -5.59. The van der Waals surface area contributed by atoms with E-state index in [0.29, 0.717) is 36.5 Å². The molecule has 3 aromatic carbocycles. The van der Waals surface area contributed by atoms with Gasteiger partial charge in [0.25, 0.3) is 5.91 Å². The number of benzene rings is 3. The van der Waals surface area contributed by atoms with Gasteiger partial charge in [0, 0.05) is 49.8 Å². The quantitative estimate of drug-likeness (QED) is 0.149. The van der Waals surface area contributed by atoms with Crippen LogP contribution in [-0.2, 0) is 20.7 Å². The number of tetrazole rings is 1. The first kappa shape index (κ1) is 38.6. The third-order valence-electron chi connectivity index (χ3n) is 9.45. The third-order valence-corrected chi connectivity index (χ3v) is 9.45. The molecule has 1 atom stereocenters. The molecule has 1 saturated carbocycles. The Balaban J connectivity index is 1.28. The summed E-state index contributed by atoms with van der Waals surface area (Å²) in [5.41, 5.74) is 6.12. The van der Waals surface area contributed by atoms with Crippen LogP contribution in [-0.4, -0.2) is 81.6 Å². The fraction of sp³-hybridized carbons (Fsp3) is 0.425. The Morgan fingerprint density at radius 1 is 0.906 bits per heavy atom. The second kappa shape index (κ2) is 16.8. The summed E-state index contributed by atoms with van der Waals surface area (Å²) in [6.45, 7) is 9.93. The zero-order valence-electron chi connectivity index (χ0n) is 31.6. The maximum absolute atomic E-state index is 13.8. The summed E-state index contributed by atoms with van der Waals surface area (Å²) in [4.78, 5) is 54.0. The maximum atomic E-state index is 13.8. The zero-order valence-corrected chi connectivity index (χ0v) is 31.6. The summed E-state index contributed by atoms with van der Waals surface area (Å²) in [5.74, 6) is -0.127. The van der Waals surface area contributed by atoms with Gasteiger partial charge in [-0.15, -0.1) is 10.2 Å². The van der Waals surface area contributed by atoms with Crippen molar-refractivity contribution in [2.24, 2.45) is 11.8 Å². The van der Waals surface area contributed by atoms with E-state index in [-0.39, 0.29) is 36.0 Å². The first-order valence-electron chi connectivity index (χ1n) is 18.0. The molecule has 4 aromatic rings. The maximum Gasteiger partial charge on any atom is 0.407 e. The Kier molecular flexibility index (Phi) is 12.3. The van der Waals surface area contributed by atoms with E-state index in [1.807, 2.05) is 71.0 Å². The predicted molar refractivity (Wildman–Crippen MR) is 203 cm³/mol. The van der Waals surface area contributed by atoms with Crippen LogP contribution < -0.4 is 16.0 Å². The normalized spacial score (nSPS) is 16.3. The number of nitrogens with zero attached hydrogens (tertiary/aromatic N) is 4. The van der Waals surface area contributed by atoms with Crippen molar-refractivity contribution in [3.05, 3.63) is 82.9 Å². The van der Waals surface area contributed by atoms with Crippen molar-refractivity contribution in [1.29, 1.82) is 0 Å². The number of carbonyl (C=O) groups excluding carboxylic acids is 4. The van der Waals surface area contributed by atoms with Crippen LogP contribution in [0, 0.1) is 25.7 Å². The number of carbonyl (C=O) groups is 4. The van der Waals surface area contributed by atoms with E-state index in [1.165, 1.54) is 0 Å². The van der Waals surface area contributed by atoms with Crippen LogP contribution in [0.2, 0.25) is 0 Å². The molecule has 1 heterocycles. The second-order valence-electron chi connectivity index (χ2n) is 15.0. The monoisotopic (exact) mass is 722 g/mol. The lowest BCUT2D eigenvalue weighted by molar-refractivity contribution is -0.130. The minimum absolute atomic E-state index is 0.0552. The topological polar surface area (TPSA) is 171 Å². The van der Waals surface area contributed by atoms with Crippen molar-refractivity contribution in [2.45, 2.75) is 78.4 Å². The molecular formula is C40H50N8O5. The number of H-pyrrole nitrogens is 1. The number of aryl methyl sites for hydroxylation is 2. The van der Waals surface area contributed by atoms with Gasteiger partial charge >= 0.3 is 6.09 Å². The third kappa shape index (κ3) is 10.5. The number of hydrogen-bond acceptors (Lipinski definition) is 8. The predicted octanol–water partition coefficient (Wildman–Crippen LogP) is 5.85. The van der Waals surface area contributed by atoms with Gasteiger partial charge in [0.2, 0.25) is 17.6 Å². The molecule has 1 aromatic heterocycles. The van der Waals surface area contributed by atoms with Crippen molar-refractivity contribution >= 4 is 29.5 Å². The van der Waals surface area contributed by atoms with Gasteiger partial charge < -0.3 is 25.6 Å². The van der Waals surface area contributed by atoms with Crippen molar-refractivity contribution < 1.29 is 23.9 Å². The molecule has 1 aliphatic carbocycles. The highest BCUT2D eigenvalue weighted by Crippen LogP contribution is 2.30. The van der Waals surface area contributed by atoms with Crippen molar-refractivity contribution in [1.82, 2.24) is 36.2 Å². The van der Waals surface area contributed by atoms with Crippen molar-refractivity contribution in [3.63, 3.8) is 0 Å². The highest BCUT2D eigenvalue weighted by Gasteiger charge is 2.30. The highest BCUT2D eigenvalue weighted by atomic mass is 16.6. The van der Waals surface area contributed by atoms with Gasteiger partial charge in [0.15, 0.2) is 0 Å². The Labute approximate surface area is 310 Å². The number of aromatic amines is 1. The fourth-order valence-corrected chi connectivity index (χ4v) is 6.58. The van der Waals surface area contributed by atoms with Crippen LogP contribution in [0.3, 0.4) is 0 Å².